The van der Waals surface area contributed by atoms with Crippen molar-refractivity contribution in [2.45, 2.75) is 27.3 Å². The van der Waals surface area contributed by atoms with Crippen LogP contribution in [0, 0.1) is 13.8 Å². The summed E-state index contributed by atoms with van der Waals surface area (Å²) < 4.78 is 2.68. The summed E-state index contributed by atoms with van der Waals surface area (Å²) in [5.74, 6) is -0.163. The molecule has 0 fully saturated rings. The van der Waals surface area contributed by atoms with Gasteiger partial charge in [-0.15, -0.1) is 11.3 Å². The number of carbonyl (C=O) groups excluding carboxylic acids is 1. The molecule has 0 unspecified atom stereocenters. The Bertz CT molecular complexity index is 972. The average Bonchev–Trinajstić information content (AvgIpc) is 3.05. The van der Waals surface area contributed by atoms with Crippen molar-refractivity contribution in [3.8, 4) is 0 Å². The second-order valence-electron chi connectivity index (χ2n) is 5.00. The molecule has 0 saturated heterocycles. The first-order chi connectivity index (χ1) is 10.9. The minimum atomic E-state index is -0.555. The van der Waals surface area contributed by atoms with Crippen LogP contribution in [0.4, 0.5) is 0 Å². The van der Waals surface area contributed by atoms with Crippen LogP contribution in [0.5, 0.6) is 0 Å². The number of hydrogen-bond acceptors (Lipinski definition) is 5. The van der Waals surface area contributed by atoms with Crippen LogP contribution < -0.4 is 11.0 Å². The summed E-state index contributed by atoms with van der Waals surface area (Å²) in [5.41, 5.74) is 2.27. The molecule has 1 N–H and O–H groups in total. The molecule has 0 saturated carbocycles. The Morgan fingerprint density at radius 1 is 1.43 bits per heavy atom. The molecule has 7 nitrogen and oxygen atoms in total. The normalized spacial score (nSPS) is 11.1. The predicted octanol–water partition coefficient (Wildman–Crippen LogP) is 2.33. The van der Waals surface area contributed by atoms with Crippen molar-refractivity contribution in [2.75, 3.05) is 5.43 Å². The first-order valence-electron chi connectivity index (χ1n) is 6.94. The number of nitrogens with one attached hydrogen (secondary N) is 1. The van der Waals surface area contributed by atoms with E-state index in [2.05, 4.69) is 15.5 Å². The van der Waals surface area contributed by atoms with Crippen molar-refractivity contribution in [3.05, 3.63) is 44.0 Å². The summed E-state index contributed by atoms with van der Waals surface area (Å²) in [6.07, 6.45) is 1.57. The highest BCUT2D eigenvalue weighted by Gasteiger charge is 2.18. The van der Waals surface area contributed by atoms with Crippen LogP contribution >= 0.6 is 22.9 Å². The van der Waals surface area contributed by atoms with Gasteiger partial charge in [0.15, 0.2) is 5.69 Å². The second-order valence-corrected chi connectivity index (χ2v) is 6.64. The van der Waals surface area contributed by atoms with Gasteiger partial charge in [0, 0.05) is 17.6 Å². The minimum Gasteiger partial charge on any atom is -0.271 e. The number of thiophene rings is 1. The van der Waals surface area contributed by atoms with Crippen molar-refractivity contribution in [1.29, 1.82) is 0 Å². The number of hydrogen-bond donors (Lipinski definition) is 1. The zero-order chi connectivity index (χ0) is 16.7. The maximum atomic E-state index is 12.5. The molecule has 9 heteroatoms. The molecule has 23 heavy (non-hydrogen) atoms. The van der Waals surface area contributed by atoms with Gasteiger partial charge < -0.3 is 0 Å². The molecule has 1 amide bonds. The molecule has 3 heterocycles. The highest BCUT2D eigenvalue weighted by molar-refractivity contribution is 7.18. The van der Waals surface area contributed by atoms with E-state index in [-0.39, 0.29) is 16.3 Å². The highest BCUT2D eigenvalue weighted by atomic mass is 35.5. The van der Waals surface area contributed by atoms with Crippen LogP contribution in [0.3, 0.4) is 0 Å². The molecule has 0 radical (unpaired) electrons. The molecule has 0 bridgehead atoms. The van der Waals surface area contributed by atoms with E-state index in [0.717, 1.165) is 9.55 Å². The maximum Gasteiger partial charge on any atom is 0.292 e. The molecule has 0 atom stereocenters. The third-order valence-electron chi connectivity index (χ3n) is 3.33. The van der Waals surface area contributed by atoms with Gasteiger partial charge in [-0.3, -0.25) is 19.7 Å². The number of nitrogens with zero attached hydrogens (tertiary/aromatic N) is 4. The largest absolute Gasteiger partial charge is 0.292 e. The molecule has 0 spiro atoms. The smallest absolute Gasteiger partial charge is 0.271 e. The molecule has 3 rings (SSSR count). The van der Waals surface area contributed by atoms with E-state index in [1.807, 2.05) is 13.8 Å². The number of rotatable bonds is 3. The van der Waals surface area contributed by atoms with Gasteiger partial charge in [0.25, 0.3) is 11.5 Å². The van der Waals surface area contributed by atoms with E-state index in [1.54, 1.807) is 23.9 Å². The molecule has 0 aromatic carbocycles. The number of aromatic nitrogens is 4. The van der Waals surface area contributed by atoms with Gasteiger partial charge in [0.2, 0.25) is 0 Å². The molecule has 3 aromatic rings. The summed E-state index contributed by atoms with van der Waals surface area (Å²) in [6, 6.07) is 1.76. The summed E-state index contributed by atoms with van der Waals surface area (Å²) in [6.45, 7) is 6.04. The molecular weight excluding hydrogens is 338 g/mol. The minimum absolute atomic E-state index is 0.0708. The standard InChI is InChI=1S/C14H14ClN5O2S/c1-4-19-6-10(15)11(17-19)12(21)18-20-8(3)16-13-9(14(20)22)5-7(2)23-13/h5-6H,4H2,1-3H3,(H,18,21). The molecule has 0 aliphatic heterocycles. The molecule has 0 aliphatic carbocycles. The van der Waals surface area contributed by atoms with E-state index < -0.39 is 5.91 Å². The van der Waals surface area contributed by atoms with Gasteiger partial charge >= 0.3 is 0 Å². The highest BCUT2D eigenvalue weighted by Crippen LogP contribution is 2.20. The number of halogens is 1. The Morgan fingerprint density at radius 2 is 2.17 bits per heavy atom. The molecule has 120 valence electrons. The number of fused-ring (bicyclic) bond motifs is 1. The molecule has 3 aromatic heterocycles. The fraction of sp³-hybridized carbons (Fsp3) is 0.286. The van der Waals surface area contributed by atoms with Crippen LogP contribution in [0.15, 0.2) is 17.1 Å². The second kappa shape index (κ2) is 5.78. The fourth-order valence-electron chi connectivity index (χ4n) is 2.20. The van der Waals surface area contributed by atoms with E-state index in [9.17, 15) is 9.59 Å². The first-order valence-corrected chi connectivity index (χ1v) is 8.14. The predicted molar refractivity (Wildman–Crippen MR) is 90.0 cm³/mol. The summed E-state index contributed by atoms with van der Waals surface area (Å²) in [4.78, 5) is 30.9. The van der Waals surface area contributed by atoms with E-state index >= 15 is 0 Å². The van der Waals surface area contributed by atoms with Crippen LogP contribution in [-0.2, 0) is 6.54 Å². The third kappa shape index (κ3) is 2.75. The third-order valence-corrected chi connectivity index (χ3v) is 4.55. The fourth-order valence-corrected chi connectivity index (χ4v) is 3.35. The van der Waals surface area contributed by atoms with E-state index in [0.29, 0.717) is 22.6 Å². The van der Waals surface area contributed by atoms with Crippen LogP contribution in [0.2, 0.25) is 5.02 Å². The van der Waals surface area contributed by atoms with Gasteiger partial charge in [-0.25, -0.2) is 9.66 Å². The Morgan fingerprint density at radius 3 is 2.83 bits per heavy atom. The number of aryl methyl sites for hydroxylation is 3. The van der Waals surface area contributed by atoms with Gasteiger partial charge in [-0.1, -0.05) is 11.6 Å². The Labute approximate surface area is 140 Å². The van der Waals surface area contributed by atoms with Crippen LogP contribution in [-0.4, -0.2) is 25.3 Å². The maximum absolute atomic E-state index is 12.5. The van der Waals surface area contributed by atoms with Gasteiger partial charge in [0.1, 0.15) is 10.7 Å². The Hall–Kier alpha value is -2.19. The Kier molecular flexibility index (Phi) is 3.95. The summed E-state index contributed by atoms with van der Waals surface area (Å²) in [7, 11) is 0. The lowest BCUT2D eigenvalue weighted by molar-refractivity contribution is 0.100. The summed E-state index contributed by atoms with van der Waals surface area (Å²) >= 11 is 7.46. The number of amides is 1. The summed E-state index contributed by atoms with van der Waals surface area (Å²) in [5, 5.41) is 4.80. The molecular formula is C14H14ClN5O2S. The number of carbonyl (C=O) groups is 1. The zero-order valence-corrected chi connectivity index (χ0v) is 14.3. The van der Waals surface area contributed by atoms with Gasteiger partial charge in [-0.2, -0.15) is 5.10 Å². The first kappa shape index (κ1) is 15.7. The van der Waals surface area contributed by atoms with Crippen LogP contribution in [0.25, 0.3) is 10.2 Å². The van der Waals surface area contributed by atoms with E-state index in [1.165, 1.54) is 11.3 Å². The van der Waals surface area contributed by atoms with Crippen molar-refractivity contribution >= 4 is 39.1 Å². The van der Waals surface area contributed by atoms with Crippen molar-refractivity contribution in [1.82, 2.24) is 19.4 Å². The lowest BCUT2D eigenvalue weighted by Crippen LogP contribution is -2.35. The van der Waals surface area contributed by atoms with Crippen molar-refractivity contribution < 1.29 is 4.79 Å². The topological polar surface area (TPSA) is 81.8 Å². The Balaban J connectivity index is 2.02. The van der Waals surface area contributed by atoms with Crippen molar-refractivity contribution in [3.63, 3.8) is 0 Å². The monoisotopic (exact) mass is 351 g/mol. The lowest BCUT2D eigenvalue weighted by Gasteiger charge is -2.09. The van der Waals surface area contributed by atoms with Gasteiger partial charge in [0.05, 0.1) is 10.4 Å². The van der Waals surface area contributed by atoms with Crippen LogP contribution in [0.1, 0.15) is 28.1 Å². The lowest BCUT2D eigenvalue weighted by atomic mass is 10.3. The zero-order valence-electron chi connectivity index (χ0n) is 12.8. The van der Waals surface area contributed by atoms with E-state index in [4.69, 9.17) is 11.6 Å². The van der Waals surface area contributed by atoms with Crippen molar-refractivity contribution in [2.24, 2.45) is 0 Å². The SMILES string of the molecule is CCn1cc(Cl)c(C(=O)Nn2c(C)nc3sc(C)cc3c2=O)n1. The molecule has 0 aliphatic rings. The van der Waals surface area contributed by atoms with Gasteiger partial charge in [-0.05, 0) is 26.8 Å². The quantitative estimate of drug-likeness (QED) is 0.785. The average molecular weight is 352 g/mol.